The van der Waals surface area contributed by atoms with E-state index in [1.807, 2.05) is 37.2 Å². The Morgan fingerprint density at radius 1 is 1.45 bits per heavy atom. The molecule has 0 saturated carbocycles. The Bertz CT molecular complexity index is 591. The van der Waals surface area contributed by atoms with Gasteiger partial charge in [0.05, 0.1) is 12.2 Å². The minimum Gasteiger partial charge on any atom is -0.355 e. The van der Waals surface area contributed by atoms with Crippen LogP contribution in [0.25, 0.3) is 5.65 Å². The zero-order chi connectivity index (χ0) is 14.5. The number of hydrogen-bond acceptors (Lipinski definition) is 3. The number of fused-ring (bicyclic) bond motifs is 1. The van der Waals surface area contributed by atoms with Crippen LogP contribution in [-0.4, -0.2) is 40.3 Å². The molecule has 5 heteroatoms. The van der Waals surface area contributed by atoms with E-state index in [1.165, 1.54) is 0 Å². The summed E-state index contributed by atoms with van der Waals surface area (Å²) in [5.41, 5.74) is 3.08. The predicted octanol–water partition coefficient (Wildman–Crippen LogP) is 1.60. The van der Waals surface area contributed by atoms with Gasteiger partial charge in [0.25, 0.3) is 0 Å². The van der Waals surface area contributed by atoms with Crippen molar-refractivity contribution >= 4 is 11.6 Å². The molecule has 0 saturated heterocycles. The van der Waals surface area contributed by atoms with Crippen LogP contribution in [0.3, 0.4) is 0 Å². The summed E-state index contributed by atoms with van der Waals surface area (Å²) < 4.78 is 2.07. The molecule has 0 aromatic carbocycles. The van der Waals surface area contributed by atoms with Gasteiger partial charge in [0, 0.05) is 25.0 Å². The summed E-state index contributed by atoms with van der Waals surface area (Å²) in [6, 6.07) is 6.05. The minimum absolute atomic E-state index is 0.0642. The lowest BCUT2D eigenvalue weighted by atomic mass is 10.4. The van der Waals surface area contributed by atoms with Crippen molar-refractivity contribution in [1.82, 2.24) is 19.6 Å². The number of hydrogen-bond donors (Lipinski definition) is 1. The van der Waals surface area contributed by atoms with Crippen LogP contribution >= 0.6 is 0 Å². The van der Waals surface area contributed by atoms with Gasteiger partial charge in [-0.1, -0.05) is 13.0 Å². The summed E-state index contributed by atoms with van der Waals surface area (Å²) in [7, 11) is 1.93. The highest BCUT2D eigenvalue weighted by Crippen LogP contribution is 2.09. The second-order valence-electron chi connectivity index (χ2n) is 5.15. The first kappa shape index (κ1) is 14.5. The maximum Gasteiger partial charge on any atom is 0.234 e. The Balaban J connectivity index is 1.97. The number of aryl methyl sites for hydroxylation is 1. The number of aromatic nitrogens is 2. The lowest BCUT2D eigenvalue weighted by molar-refractivity contribution is -0.122. The van der Waals surface area contributed by atoms with Gasteiger partial charge in [-0.2, -0.15) is 0 Å². The molecular formula is C15H22N4O. The van der Waals surface area contributed by atoms with Crippen molar-refractivity contribution in [3.8, 4) is 0 Å². The normalized spacial score (nSPS) is 11.2. The molecular weight excluding hydrogens is 252 g/mol. The fraction of sp³-hybridized carbons (Fsp3) is 0.467. The summed E-state index contributed by atoms with van der Waals surface area (Å²) in [4.78, 5) is 18.2. The van der Waals surface area contributed by atoms with E-state index >= 15 is 0 Å². The number of likely N-dealkylation sites (N-methyl/N-ethyl adjacent to an activating group) is 1. The van der Waals surface area contributed by atoms with Crippen LogP contribution in [0.1, 0.15) is 24.7 Å². The van der Waals surface area contributed by atoms with Crippen molar-refractivity contribution in [2.24, 2.45) is 0 Å². The van der Waals surface area contributed by atoms with E-state index < -0.39 is 0 Å². The Kier molecular flexibility index (Phi) is 4.74. The molecule has 1 amide bonds. The second-order valence-corrected chi connectivity index (χ2v) is 5.15. The third-order valence-electron chi connectivity index (χ3n) is 3.16. The number of imidazole rings is 1. The van der Waals surface area contributed by atoms with Crippen LogP contribution in [0.5, 0.6) is 0 Å². The maximum atomic E-state index is 11.7. The highest BCUT2D eigenvalue weighted by molar-refractivity contribution is 5.77. The zero-order valence-electron chi connectivity index (χ0n) is 12.4. The molecule has 1 N–H and O–H groups in total. The number of nitrogens with one attached hydrogen (secondary N) is 1. The molecule has 0 radical (unpaired) electrons. The number of rotatable bonds is 6. The Hall–Kier alpha value is -1.88. The molecule has 20 heavy (non-hydrogen) atoms. The first-order valence-corrected chi connectivity index (χ1v) is 6.99. The van der Waals surface area contributed by atoms with E-state index in [0.717, 1.165) is 30.0 Å². The average Bonchev–Trinajstić information content (AvgIpc) is 2.80. The maximum absolute atomic E-state index is 11.7. The van der Waals surface area contributed by atoms with Crippen molar-refractivity contribution in [3.05, 3.63) is 35.8 Å². The van der Waals surface area contributed by atoms with Crippen molar-refractivity contribution in [2.75, 3.05) is 20.1 Å². The SMILES string of the molecule is CCCNC(=O)CN(C)Cc1cn2c(C)cccc2n1. The van der Waals surface area contributed by atoms with Gasteiger partial charge in [-0.3, -0.25) is 9.69 Å². The molecule has 2 rings (SSSR count). The van der Waals surface area contributed by atoms with Crippen LogP contribution in [0, 0.1) is 6.92 Å². The van der Waals surface area contributed by atoms with Gasteiger partial charge in [0.15, 0.2) is 0 Å². The second kappa shape index (κ2) is 6.52. The van der Waals surface area contributed by atoms with E-state index in [-0.39, 0.29) is 5.91 Å². The van der Waals surface area contributed by atoms with Crippen molar-refractivity contribution < 1.29 is 4.79 Å². The monoisotopic (exact) mass is 274 g/mol. The number of carbonyl (C=O) groups is 1. The third kappa shape index (κ3) is 3.57. The first-order valence-electron chi connectivity index (χ1n) is 6.99. The largest absolute Gasteiger partial charge is 0.355 e. The summed E-state index contributed by atoms with van der Waals surface area (Å²) in [5.74, 6) is 0.0642. The first-order chi connectivity index (χ1) is 9.60. The highest BCUT2D eigenvalue weighted by atomic mass is 16.2. The minimum atomic E-state index is 0.0642. The van der Waals surface area contributed by atoms with E-state index in [1.54, 1.807) is 0 Å². The smallest absolute Gasteiger partial charge is 0.234 e. The standard InChI is InChI=1S/C15H22N4O/c1-4-8-16-15(20)11-18(3)9-13-10-19-12(2)6-5-7-14(19)17-13/h5-7,10H,4,8-9,11H2,1-3H3,(H,16,20). The number of pyridine rings is 1. The molecule has 0 spiro atoms. The van der Waals surface area contributed by atoms with Gasteiger partial charge in [-0.05, 0) is 32.5 Å². The van der Waals surface area contributed by atoms with Crippen LogP contribution < -0.4 is 5.32 Å². The summed E-state index contributed by atoms with van der Waals surface area (Å²) in [6.07, 6.45) is 2.99. The van der Waals surface area contributed by atoms with Gasteiger partial charge in [-0.15, -0.1) is 0 Å². The molecule has 2 heterocycles. The summed E-state index contributed by atoms with van der Waals surface area (Å²) in [6.45, 7) is 5.90. The van der Waals surface area contributed by atoms with E-state index in [4.69, 9.17) is 0 Å². The van der Waals surface area contributed by atoms with Gasteiger partial charge >= 0.3 is 0 Å². The molecule has 0 aliphatic carbocycles. The lowest BCUT2D eigenvalue weighted by Gasteiger charge is -2.14. The molecule has 0 atom stereocenters. The Morgan fingerprint density at radius 3 is 2.95 bits per heavy atom. The Morgan fingerprint density at radius 2 is 2.25 bits per heavy atom. The molecule has 0 bridgehead atoms. The molecule has 0 unspecified atom stereocenters. The number of carbonyl (C=O) groups excluding carboxylic acids is 1. The van der Waals surface area contributed by atoms with Crippen LogP contribution in [0.4, 0.5) is 0 Å². The fourth-order valence-electron chi connectivity index (χ4n) is 2.17. The van der Waals surface area contributed by atoms with E-state index in [0.29, 0.717) is 13.1 Å². The molecule has 0 fully saturated rings. The van der Waals surface area contributed by atoms with E-state index in [2.05, 4.69) is 27.7 Å². The topological polar surface area (TPSA) is 49.6 Å². The number of amides is 1. The van der Waals surface area contributed by atoms with Gasteiger partial charge in [0.2, 0.25) is 5.91 Å². The van der Waals surface area contributed by atoms with Gasteiger partial charge in [-0.25, -0.2) is 4.98 Å². The van der Waals surface area contributed by atoms with E-state index in [9.17, 15) is 4.79 Å². The van der Waals surface area contributed by atoms with Crippen LogP contribution in [-0.2, 0) is 11.3 Å². The van der Waals surface area contributed by atoms with Crippen molar-refractivity contribution in [1.29, 1.82) is 0 Å². The van der Waals surface area contributed by atoms with Gasteiger partial charge in [0.1, 0.15) is 5.65 Å². The zero-order valence-corrected chi connectivity index (χ0v) is 12.4. The molecule has 0 aliphatic heterocycles. The fourth-order valence-corrected chi connectivity index (χ4v) is 2.17. The predicted molar refractivity (Wildman–Crippen MR) is 79.6 cm³/mol. The summed E-state index contributed by atoms with van der Waals surface area (Å²) in [5, 5.41) is 2.88. The molecule has 2 aromatic heterocycles. The third-order valence-corrected chi connectivity index (χ3v) is 3.16. The summed E-state index contributed by atoms with van der Waals surface area (Å²) >= 11 is 0. The average molecular weight is 274 g/mol. The quantitative estimate of drug-likeness (QED) is 0.870. The molecule has 5 nitrogen and oxygen atoms in total. The van der Waals surface area contributed by atoms with Crippen LogP contribution in [0.2, 0.25) is 0 Å². The molecule has 2 aromatic rings. The molecule has 0 aliphatic rings. The lowest BCUT2D eigenvalue weighted by Crippen LogP contribution is -2.35. The molecule has 108 valence electrons. The van der Waals surface area contributed by atoms with Crippen molar-refractivity contribution in [3.63, 3.8) is 0 Å². The highest BCUT2D eigenvalue weighted by Gasteiger charge is 2.09. The number of nitrogens with zero attached hydrogens (tertiary/aromatic N) is 3. The Labute approximate surface area is 119 Å². The van der Waals surface area contributed by atoms with Crippen LogP contribution in [0.15, 0.2) is 24.4 Å². The van der Waals surface area contributed by atoms with Gasteiger partial charge < -0.3 is 9.72 Å². The van der Waals surface area contributed by atoms with Crippen molar-refractivity contribution in [2.45, 2.75) is 26.8 Å².